The summed E-state index contributed by atoms with van der Waals surface area (Å²) >= 11 is 0. The first kappa shape index (κ1) is 10.8. The van der Waals surface area contributed by atoms with E-state index in [0.717, 1.165) is 23.5 Å². The smallest absolute Gasteiger partial charge is 0.123 e. The molecule has 4 nitrogen and oxygen atoms in total. The third kappa shape index (κ3) is 3.23. The minimum atomic E-state index is 0.154. The molecule has 0 amide bonds. The van der Waals surface area contributed by atoms with E-state index in [9.17, 15) is 0 Å². The molecule has 1 fully saturated rings. The van der Waals surface area contributed by atoms with E-state index in [1.165, 1.54) is 5.31 Å². The molecule has 2 N–H and O–H groups in total. The van der Waals surface area contributed by atoms with Crippen molar-refractivity contribution < 1.29 is 6.15 Å². The summed E-state index contributed by atoms with van der Waals surface area (Å²) < 4.78 is 13.1. The lowest BCUT2D eigenvalue weighted by molar-refractivity contribution is 0.142. The van der Waals surface area contributed by atoms with E-state index in [1.54, 1.807) is 6.20 Å². The second kappa shape index (κ2) is 5.71. The maximum absolute atomic E-state index is 7.32. The zero-order chi connectivity index (χ0) is 13.8. The van der Waals surface area contributed by atoms with Crippen LogP contribution in [0.5, 0.6) is 5.75 Å². The van der Waals surface area contributed by atoms with Crippen LogP contribution < -0.4 is 15.4 Å². The van der Waals surface area contributed by atoms with Crippen molar-refractivity contribution in [3.05, 3.63) is 54.4 Å². The maximum atomic E-state index is 7.32. The highest BCUT2D eigenvalue weighted by atomic mass is 16.5. The van der Waals surface area contributed by atoms with Gasteiger partial charge < -0.3 is 15.4 Å². The van der Waals surface area contributed by atoms with E-state index in [2.05, 4.69) is 10.3 Å². The van der Waals surface area contributed by atoms with Crippen molar-refractivity contribution in [2.45, 2.75) is 12.6 Å². The third-order valence-electron chi connectivity index (χ3n) is 3.04. The Balaban J connectivity index is 1.51. The molecule has 2 heterocycles. The van der Waals surface area contributed by atoms with Gasteiger partial charge in [0.2, 0.25) is 0 Å². The minimum Gasteiger partial charge on any atom is -0.488 e. The molecule has 3 rings (SSSR count). The molecule has 0 bridgehead atoms. The second-order valence-corrected chi connectivity index (χ2v) is 4.57. The molecule has 0 unspecified atom stereocenters. The molecule has 98 valence electrons. The number of ether oxygens (including phenoxy) is 1. The van der Waals surface area contributed by atoms with Crippen LogP contribution in [0.15, 0.2) is 48.8 Å². The Morgan fingerprint density at radius 2 is 2.16 bits per heavy atom. The van der Waals surface area contributed by atoms with Crippen LogP contribution in [-0.4, -0.2) is 24.2 Å². The lowest BCUT2D eigenvalue weighted by Gasteiger charge is -2.27. The molecule has 0 spiro atoms. The highest BCUT2D eigenvalue weighted by molar-refractivity contribution is 5.46. The van der Waals surface area contributed by atoms with Gasteiger partial charge in [-0.2, -0.15) is 0 Å². The van der Waals surface area contributed by atoms with E-state index in [1.807, 2.05) is 42.6 Å². The Bertz CT molecular complexity index is 541. The van der Waals surface area contributed by atoms with Crippen molar-refractivity contribution in [3.63, 3.8) is 0 Å². The summed E-state index contributed by atoms with van der Waals surface area (Å²) in [6.45, 7) is 2.12. The highest BCUT2D eigenvalue weighted by Gasteiger charge is 2.17. The van der Waals surface area contributed by atoms with Gasteiger partial charge in [0.05, 0.1) is 0 Å². The number of anilines is 1. The molecule has 0 saturated carbocycles. The Kier molecular flexibility index (Phi) is 3.25. The van der Waals surface area contributed by atoms with Crippen molar-refractivity contribution in [2.24, 2.45) is 0 Å². The average molecular weight is 256 g/mol. The zero-order valence-electron chi connectivity index (χ0n) is 11.6. The lowest BCUT2D eigenvalue weighted by Crippen LogP contribution is -2.50. The van der Waals surface area contributed by atoms with Gasteiger partial charge in [-0.25, -0.2) is 0 Å². The number of rotatable bonds is 5. The van der Waals surface area contributed by atoms with Crippen LogP contribution in [-0.2, 0) is 6.54 Å². The SMILES string of the molecule is [2H]N1CC(Oc2ccc(NCc3cccnc3)cc2)C1. The van der Waals surface area contributed by atoms with Crippen LogP contribution in [0.3, 0.4) is 0 Å². The Labute approximate surface area is 114 Å². The van der Waals surface area contributed by atoms with Gasteiger partial charge in [-0.05, 0) is 35.9 Å². The molecular formula is C15H17N3O. The van der Waals surface area contributed by atoms with Crippen LogP contribution in [0.4, 0.5) is 5.69 Å². The summed E-state index contributed by atoms with van der Waals surface area (Å²) in [5.41, 5.74) is 2.20. The monoisotopic (exact) mass is 256 g/mol. The summed E-state index contributed by atoms with van der Waals surface area (Å²) in [4.78, 5) is 4.09. The predicted molar refractivity (Wildman–Crippen MR) is 75.3 cm³/mol. The quantitative estimate of drug-likeness (QED) is 0.859. The van der Waals surface area contributed by atoms with Gasteiger partial charge in [-0.15, -0.1) is 0 Å². The van der Waals surface area contributed by atoms with Crippen LogP contribution in [0, 0.1) is 0 Å². The van der Waals surface area contributed by atoms with Crippen LogP contribution >= 0.6 is 0 Å². The van der Waals surface area contributed by atoms with E-state index in [0.29, 0.717) is 13.1 Å². The molecule has 1 aliphatic rings. The van der Waals surface area contributed by atoms with Crippen molar-refractivity contribution in [2.75, 3.05) is 18.4 Å². The van der Waals surface area contributed by atoms with E-state index in [4.69, 9.17) is 6.15 Å². The van der Waals surface area contributed by atoms with Gasteiger partial charge in [0.15, 0.2) is 0 Å². The summed E-state index contributed by atoms with van der Waals surface area (Å²) in [5.74, 6) is 0.857. The third-order valence-corrected chi connectivity index (χ3v) is 3.04. The van der Waals surface area contributed by atoms with Gasteiger partial charge in [-0.1, -0.05) is 6.07 Å². The van der Waals surface area contributed by atoms with Gasteiger partial charge in [0.25, 0.3) is 0 Å². The Morgan fingerprint density at radius 3 is 2.84 bits per heavy atom. The molecule has 1 aliphatic heterocycles. The highest BCUT2D eigenvalue weighted by Crippen LogP contribution is 2.18. The van der Waals surface area contributed by atoms with Gasteiger partial charge in [0.1, 0.15) is 13.3 Å². The number of aromatic nitrogens is 1. The topological polar surface area (TPSA) is 46.2 Å². The molecule has 19 heavy (non-hydrogen) atoms. The lowest BCUT2D eigenvalue weighted by atomic mass is 10.2. The normalized spacial score (nSPS) is 16.5. The first-order chi connectivity index (χ1) is 9.79. The van der Waals surface area contributed by atoms with Crippen LogP contribution in [0.2, 0.25) is 1.41 Å². The van der Waals surface area contributed by atoms with E-state index >= 15 is 0 Å². The molecule has 1 aromatic carbocycles. The van der Waals surface area contributed by atoms with Crippen LogP contribution in [0.1, 0.15) is 5.56 Å². The molecule has 1 aromatic heterocycles. The van der Waals surface area contributed by atoms with Gasteiger partial charge >= 0.3 is 0 Å². The summed E-state index contributed by atoms with van der Waals surface area (Å²) in [6.07, 6.45) is 3.78. The van der Waals surface area contributed by atoms with Crippen molar-refractivity contribution in [1.29, 1.82) is 0 Å². The molecule has 0 radical (unpaired) electrons. The molecule has 2 aromatic rings. The first-order valence-electron chi connectivity index (χ1n) is 6.87. The molecule has 4 heteroatoms. The van der Waals surface area contributed by atoms with Gasteiger partial charge in [-0.3, -0.25) is 4.98 Å². The van der Waals surface area contributed by atoms with Crippen molar-refractivity contribution in [1.82, 2.24) is 10.3 Å². The van der Waals surface area contributed by atoms with Crippen LogP contribution in [0.25, 0.3) is 0 Å². The molecule has 1 saturated heterocycles. The number of nitrogens with zero attached hydrogens (tertiary/aromatic N) is 1. The summed E-state index contributed by atoms with van der Waals surface area (Å²) in [7, 11) is 0. The fourth-order valence-corrected chi connectivity index (χ4v) is 1.86. The number of benzene rings is 1. The number of pyridine rings is 1. The number of nitrogens with one attached hydrogen (secondary N) is 2. The standard InChI is InChI=1S/C15H17N3O/c1-2-12(8-16-7-1)9-18-13-3-5-14(6-4-13)19-15-10-17-11-15/h1-8,15,17-18H,9-11H2/i/hD. The van der Waals surface area contributed by atoms with Gasteiger partial charge in [0, 0.05) is 37.7 Å². The van der Waals surface area contributed by atoms with E-state index < -0.39 is 0 Å². The summed E-state index contributed by atoms with van der Waals surface area (Å²) in [6, 6.07) is 11.9. The fraction of sp³-hybridized carbons (Fsp3) is 0.267. The molecular weight excluding hydrogens is 238 g/mol. The largest absolute Gasteiger partial charge is 0.488 e. The van der Waals surface area contributed by atoms with Crippen molar-refractivity contribution in [3.8, 4) is 5.75 Å². The van der Waals surface area contributed by atoms with E-state index in [-0.39, 0.29) is 6.10 Å². The first-order valence-corrected chi connectivity index (χ1v) is 6.43. The second-order valence-electron chi connectivity index (χ2n) is 4.57. The fourth-order valence-electron chi connectivity index (χ4n) is 1.86. The molecule has 0 atom stereocenters. The average Bonchev–Trinajstić information content (AvgIpc) is 2.46. The summed E-state index contributed by atoms with van der Waals surface area (Å²) in [5, 5.41) is 4.84. The maximum Gasteiger partial charge on any atom is 0.123 e. The number of hydrogen-bond donors (Lipinski definition) is 2. The number of hydrogen-bond acceptors (Lipinski definition) is 4. The Hall–Kier alpha value is -2.07. The Morgan fingerprint density at radius 1 is 1.32 bits per heavy atom. The molecule has 0 aliphatic carbocycles. The minimum absolute atomic E-state index is 0.154. The van der Waals surface area contributed by atoms with Crippen molar-refractivity contribution >= 4 is 5.69 Å². The zero-order valence-corrected chi connectivity index (χ0v) is 10.6. The predicted octanol–water partition coefficient (Wildman–Crippen LogP) is 2.04.